The summed E-state index contributed by atoms with van der Waals surface area (Å²) in [6.07, 6.45) is 2.34. The Morgan fingerprint density at radius 3 is 2.79 bits per heavy atom. The number of aliphatic hydroxyl groups is 1. The molecule has 0 spiro atoms. The molecule has 0 aromatic carbocycles. The molecule has 0 saturated carbocycles. The van der Waals surface area contributed by atoms with Gasteiger partial charge in [0.25, 0.3) is 0 Å². The lowest BCUT2D eigenvalue weighted by molar-refractivity contribution is 0.0481. The Balaban J connectivity index is 2.26. The normalized spacial score (nSPS) is 24.2. The third-order valence-electron chi connectivity index (χ3n) is 3.41. The number of pyridine rings is 1. The smallest absolute Gasteiger partial charge is 0.161 e. The second-order valence-corrected chi connectivity index (χ2v) is 5.92. The monoisotopic (exact) mass is 304 g/mol. The predicted molar refractivity (Wildman–Crippen MR) is 78.8 cm³/mol. The molecule has 5 nitrogen and oxygen atoms in total. The summed E-state index contributed by atoms with van der Waals surface area (Å²) in [6, 6.07) is 1.63. The summed E-state index contributed by atoms with van der Waals surface area (Å²) in [7, 11) is 0. The van der Waals surface area contributed by atoms with Gasteiger partial charge >= 0.3 is 0 Å². The molecule has 1 aromatic heterocycles. The van der Waals surface area contributed by atoms with Crippen molar-refractivity contribution in [1.29, 1.82) is 0 Å². The van der Waals surface area contributed by atoms with E-state index in [1.165, 1.54) is 0 Å². The Morgan fingerprint density at radius 2 is 2.11 bits per heavy atom. The molecule has 2 rings (SSSR count). The van der Waals surface area contributed by atoms with Crippen molar-refractivity contribution < 1.29 is 5.11 Å². The van der Waals surface area contributed by atoms with Crippen molar-refractivity contribution in [1.82, 2.24) is 4.98 Å². The number of halogens is 2. The lowest BCUT2D eigenvalue weighted by atomic mass is 9.98. The first-order valence-corrected chi connectivity index (χ1v) is 6.98. The zero-order chi connectivity index (χ0) is 14.0. The number of hydrazine groups is 1. The summed E-state index contributed by atoms with van der Waals surface area (Å²) in [5.41, 5.74) is 1.83. The van der Waals surface area contributed by atoms with Crippen LogP contribution in [0.25, 0.3) is 0 Å². The predicted octanol–water partition coefficient (Wildman–Crippen LogP) is 2.42. The van der Waals surface area contributed by atoms with Crippen molar-refractivity contribution in [2.75, 3.05) is 23.4 Å². The van der Waals surface area contributed by atoms with E-state index >= 15 is 0 Å². The second-order valence-electron chi connectivity index (χ2n) is 5.11. The van der Waals surface area contributed by atoms with Crippen LogP contribution < -0.4 is 16.2 Å². The molecule has 106 valence electrons. The molecule has 19 heavy (non-hydrogen) atoms. The number of rotatable bonds is 2. The Morgan fingerprint density at radius 1 is 1.37 bits per heavy atom. The van der Waals surface area contributed by atoms with E-state index in [4.69, 9.17) is 29.0 Å². The van der Waals surface area contributed by atoms with Crippen LogP contribution >= 0.6 is 23.2 Å². The van der Waals surface area contributed by atoms with Gasteiger partial charge in [0.15, 0.2) is 5.82 Å². The van der Waals surface area contributed by atoms with Gasteiger partial charge in [-0.15, -0.1) is 0 Å². The Bertz CT molecular complexity index is 467. The lowest BCUT2D eigenvalue weighted by Crippen LogP contribution is -2.29. The highest BCUT2D eigenvalue weighted by Gasteiger charge is 2.26. The molecule has 1 aliphatic heterocycles. The number of nitrogens with two attached hydrogens (primary N) is 1. The van der Waals surface area contributed by atoms with E-state index in [1.54, 1.807) is 6.07 Å². The third kappa shape index (κ3) is 3.42. The molecule has 0 aliphatic carbocycles. The molecule has 0 radical (unpaired) electrons. The van der Waals surface area contributed by atoms with Crippen molar-refractivity contribution in [3.8, 4) is 0 Å². The fourth-order valence-corrected chi connectivity index (χ4v) is 2.79. The number of hydrogen-bond donors (Lipinski definition) is 3. The molecule has 1 saturated heterocycles. The van der Waals surface area contributed by atoms with Crippen molar-refractivity contribution >= 4 is 34.8 Å². The van der Waals surface area contributed by atoms with E-state index in [0.29, 0.717) is 34.6 Å². The number of nitrogen functional groups attached to an aromatic ring is 1. The van der Waals surface area contributed by atoms with Gasteiger partial charge in [-0.25, -0.2) is 10.8 Å². The summed E-state index contributed by atoms with van der Waals surface area (Å²) in [6.45, 7) is 3.36. The van der Waals surface area contributed by atoms with Gasteiger partial charge in [0.05, 0.1) is 15.6 Å². The topological polar surface area (TPSA) is 74.4 Å². The van der Waals surface area contributed by atoms with E-state index in [1.807, 2.05) is 6.92 Å². The van der Waals surface area contributed by atoms with Crippen LogP contribution in [0, 0.1) is 0 Å². The van der Waals surface area contributed by atoms with Gasteiger partial charge in [0.1, 0.15) is 5.82 Å². The highest BCUT2D eigenvalue weighted by atomic mass is 35.5. The molecule has 1 aromatic rings. The maximum absolute atomic E-state index is 10.1. The maximum Gasteiger partial charge on any atom is 0.161 e. The minimum Gasteiger partial charge on any atom is -0.390 e. The SMILES string of the molecule is CC1(O)CCCN(c2nc(NN)c(Cl)cc2Cl)CC1. The van der Waals surface area contributed by atoms with Gasteiger partial charge in [0, 0.05) is 13.1 Å². The van der Waals surface area contributed by atoms with Gasteiger partial charge in [0.2, 0.25) is 0 Å². The van der Waals surface area contributed by atoms with Crippen LogP contribution in [0.15, 0.2) is 6.07 Å². The number of hydrogen-bond acceptors (Lipinski definition) is 5. The zero-order valence-corrected chi connectivity index (χ0v) is 12.3. The van der Waals surface area contributed by atoms with Gasteiger partial charge in [-0.3, -0.25) is 0 Å². The third-order valence-corrected chi connectivity index (χ3v) is 3.98. The van der Waals surface area contributed by atoms with Crippen LogP contribution in [-0.2, 0) is 0 Å². The van der Waals surface area contributed by atoms with Crippen molar-refractivity contribution in [3.63, 3.8) is 0 Å². The average molecular weight is 305 g/mol. The summed E-state index contributed by atoms with van der Waals surface area (Å²) in [5.74, 6) is 6.42. The molecule has 0 amide bonds. The van der Waals surface area contributed by atoms with Crippen LogP contribution in [0.3, 0.4) is 0 Å². The van der Waals surface area contributed by atoms with E-state index in [2.05, 4.69) is 15.3 Å². The molecule has 1 aliphatic rings. The van der Waals surface area contributed by atoms with Crippen molar-refractivity contribution in [3.05, 3.63) is 16.1 Å². The van der Waals surface area contributed by atoms with E-state index in [-0.39, 0.29) is 0 Å². The summed E-state index contributed by atoms with van der Waals surface area (Å²) < 4.78 is 0. The van der Waals surface area contributed by atoms with Gasteiger partial charge in [-0.1, -0.05) is 23.2 Å². The fourth-order valence-electron chi connectivity index (χ4n) is 2.26. The Kier molecular flexibility index (Phi) is 4.40. The minimum atomic E-state index is -0.622. The number of aromatic nitrogens is 1. The van der Waals surface area contributed by atoms with Crippen LogP contribution in [0.5, 0.6) is 0 Å². The van der Waals surface area contributed by atoms with Crippen LogP contribution in [0.4, 0.5) is 11.6 Å². The van der Waals surface area contributed by atoms with E-state index < -0.39 is 5.60 Å². The summed E-state index contributed by atoms with van der Waals surface area (Å²) >= 11 is 12.2. The number of anilines is 2. The first-order chi connectivity index (χ1) is 8.93. The molecule has 0 bridgehead atoms. The van der Waals surface area contributed by atoms with Crippen LogP contribution in [0.2, 0.25) is 10.0 Å². The van der Waals surface area contributed by atoms with Gasteiger partial charge in [-0.05, 0) is 32.3 Å². The molecular formula is C12H18Cl2N4O. The lowest BCUT2D eigenvalue weighted by Gasteiger charge is -2.24. The van der Waals surface area contributed by atoms with Crippen LogP contribution in [0.1, 0.15) is 26.2 Å². The van der Waals surface area contributed by atoms with Crippen LogP contribution in [-0.4, -0.2) is 28.8 Å². The Hall–Kier alpha value is -0.750. The molecule has 2 heterocycles. The molecule has 1 unspecified atom stereocenters. The summed E-state index contributed by atoms with van der Waals surface area (Å²) in [5, 5.41) is 11.0. The molecule has 4 N–H and O–H groups in total. The first kappa shape index (κ1) is 14.7. The number of nitrogens with one attached hydrogen (secondary N) is 1. The standard InChI is InChI=1S/C12H18Cl2N4O/c1-12(19)3-2-5-18(6-4-12)11-9(14)7-8(13)10(16-11)17-15/h7,19H,2-6,15H2,1H3,(H,16,17). The van der Waals surface area contributed by atoms with Gasteiger partial charge in [-0.2, -0.15) is 0 Å². The molecular weight excluding hydrogens is 287 g/mol. The Labute approximate surface area is 122 Å². The second kappa shape index (κ2) is 5.71. The zero-order valence-electron chi connectivity index (χ0n) is 10.8. The van der Waals surface area contributed by atoms with E-state index in [0.717, 1.165) is 19.4 Å². The fraction of sp³-hybridized carbons (Fsp3) is 0.583. The highest BCUT2D eigenvalue weighted by Crippen LogP contribution is 2.33. The van der Waals surface area contributed by atoms with Crippen molar-refractivity contribution in [2.24, 2.45) is 5.84 Å². The largest absolute Gasteiger partial charge is 0.390 e. The summed E-state index contributed by atoms with van der Waals surface area (Å²) in [4.78, 5) is 6.40. The maximum atomic E-state index is 10.1. The average Bonchev–Trinajstić information content (AvgIpc) is 2.51. The molecule has 1 atom stereocenters. The number of nitrogens with zero attached hydrogens (tertiary/aromatic N) is 2. The van der Waals surface area contributed by atoms with Gasteiger partial charge < -0.3 is 15.4 Å². The van der Waals surface area contributed by atoms with Crippen molar-refractivity contribution in [2.45, 2.75) is 31.8 Å². The molecule has 7 heteroatoms. The first-order valence-electron chi connectivity index (χ1n) is 6.23. The quantitative estimate of drug-likeness (QED) is 0.578. The highest BCUT2D eigenvalue weighted by molar-refractivity contribution is 6.37. The van der Waals surface area contributed by atoms with E-state index in [9.17, 15) is 5.11 Å². The minimum absolute atomic E-state index is 0.387. The molecule has 1 fully saturated rings.